The third-order valence-electron chi connectivity index (χ3n) is 3.17. The first-order valence-electron chi connectivity index (χ1n) is 6.68. The third-order valence-corrected chi connectivity index (χ3v) is 3.17. The van der Waals surface area contributed by atoms with Crippen LogP contribution in [-0.4, -0.2) is 31.2 Å². The minimum atomic E-state index is -0.908. The van der Waals surface area contributed by atoms with E-state index in [0.29, 0.717) is 5.71 Å². The molecule has 5 heteroatoms. The molecule has 110 valence electrons. The lowest BCUT2D eigenvalue weighted by atomic mass is 10.0. The van der Waals surface area contributed by atoms with Crippen molar-refractivity contribution >= 4 is 23.5 Å². The van der Waals surface area contributed by atoms with Gasteiger partial charge in [0.1, 0.15) is 11.4 Å². The molecular formula is C16H17NO4. The zero-order valence-electron chi connectivity index (χ0n) is 12.3. The van der Waals surface area contributed by atoms with Gasteiger partial charge < -0.3 is 9.47 Å². The number of allylic oxidation sites excluding steroid dienone is 1. The summed E-state index contributed by atoms with van der Waals surface area (Å²) in [7, 11) is 1.59. The summed E-state index contributed by atoms with van der Waals surface area (Å²) >= 11 is 0. The van der Waals surface area contributed by atoms with Crippen LogP contribution in [0.4, 0.5) is 0 Å². The highest BCUT2D eigenvalue weighted by Gasteiger charge is 2.37. The lowest BCUT2D eigenvalue weighted by molar-refractivity contribution is -0.147. The highest BCUT2D eigenvalue weighted by atomic mass is 16.5. The number of nitrogens with zero attached hydrogens (tertiary/aromatic N) is 1. The van der Waals surface area contributed by atoms with Gasteiger partial charge in [-0.3, -0.25) is 14.6 Å². The molecule has 0 radical (unpaired) electrons. The van der Waals surface area contributed by atoms with Crippen LogP contribution >= 0.6 is 0 Å². The molecule has 21 heavy (non-hydrogen) atoms. The maximum absolute atomic E-state index is 12.3. The van der Waals surface area contributed by atoms with Gasteiger partial charge in [0.25, 0.3) is 0 Å². The van der Waals surface area contributed by atoms with Crippen molar-refractivity contribution in [2.75, 3.05) is 13.7 Å². The molecule has 0 spiro atoms. The molecule has 1 atom stereocenters. The molecule has 0 saturated heterocycles. The van der Waals surface area contributed by atoms with Gasteiger partial charge in [-0.05, 0) is 37.6 Å². The van der Waals surface area contributed by atoms with Crippen molar-refractivity contribution in [2.24, 2.45) is 10.9 Å². The number of rotatable bonds is 4. The van der Waals surface area contributed by atoms with Crippen LogP contribution in [0.2, 0.25) is 0 Å². The maximum Gasteiger partial charge on any atom is 0.322 e. The van der Waals surface area contributed by atoms with Gasteiger partial charge in [0.2, 0.25) is 5.78 Å². The fourth-order valence-corrected chi connectivity index (χ4v) is 2.11. The highest BCUT2D eigenvalue weighted by Crippen LogP contribution is 2.24. The van der Waals surface area contributed by atoms with Crippen LogP contribution in [0.15, 0.2) is 35.0 Å². The predicted molar refractivity (Wildman–Crippen MR) is 79.2 cm³/mol. The molecular weight excluding hydrogens is 270 g/mol. The SMILES string of the molecule is CCOC(=O)C1C(=O)/C(=C\c2ccc(OC)cc2)N=C1C. The topological polar surface area (TPSA) is 65.0 Å². The molecule has 1 aromatic carbocycles. The lowest BCUT2D eigenvalue weighted by Gasteiger charge is -2.07. The summed E-state index contributed by atoms with van der Waals surface area (Å²) in [4.78, 5) is 28.2. The van der Waals surface area contributed by atoms with Gasteiger partial charge in [-0.1, -0.05) is 12.1 Å². The molecule has 1 aromatic rings. The summed E-state index contributed by atoms with van der Waals surface area (Å²) in [6.07, 6.45) is 1.66. The molecule has 5 nitrogen and oxygen atoms in total. The number of ether oxygens (including phenoxy) is 2. The van der Waals surface area contributed by atoms with Gasteiger partial charge in [-0.15, -0.1) is 0 Å². The van der Waals surface area contributed by atoms with Gasteiger partial charge in [0, 0.05) is 5.71 Å². The van der Waals surface area contributed by atoms with Crippen molar-refractivity contribution in [1.82, 2.24) is 0 Å². The summed E-state index contributed by atoms with van der Waals surface area (Å²) in [5.74, 6) is -1.03. The second-order valence-electron chi connectivity index (χ2n) is 4.61. The summed E-state index contributed by atoms with van der Waals surface area (Å²) in [6, 6.07) is 7.24. The number of carbonyl (C=O) groups is 2. The average molecular weight is 287 g/mol. The van der Waals surface area contributed by atoms with E-state index in [9.17, 15) is 9.59 Å². The smallest absolute Gasteiger partial charge is 0.322 e. The number of ketones is 1. The molecule has 0 N–H and O–H groups in total. The molecule has 0 amide bonds. The van der Waals surface area contributed by atoms with Crippen LogP contribution in [0.5, 0.6) is 5.75 Å². The largest absolute Gasteiger partial charge is 0.497 e. The van der Waals surface area contributed by atoms with E-state index in [4.69, 9.17) is 9.47 Å². The Labute approximate surface area is 123 Å². The molecule has 1 aliphatic heterocycles. The van der Waals surface area contributed by atoms with Crippen molar-refractivity contribution in [1.29, 1.82) is 0 Å². The Kier molecular flexibility index (Phi) is 4.52. The van der Waals surface area contributed by atoms with Gasteiger partial charge in [0.15, 0.2) is 5.92 Å². The third kappa shape index (κ3) is 3.18. The van der Waals surface area contributed by atoms with E-state index in [2.05, 4.69) is 4.99 Å². The number of carbonyl (C=O) groups excluding carboxylic acids is 2. The number of hydrogen-bond donors (Lipinski definition) is 0. The fourth-order valence-electron chi connectivity index (χ4n) is 2.11. The summed E-state index contributed by atoms with van der Waals surface area (Å²) in [6.45, 7) is 3.61. The monoisotopic (exact) mass is 287 g/mol. The van der Waals surface area contributed by atoms with Crippen molar-refractivity contribution in [2.45, 2.75) is 13.8 Å². The van der Waals surface area contributed by atoms with Crippen LogP contribution < -0.4 is 4.74 Å². The minimum Gasteiger partial charge on any atom is -0.497 e. The van der Waals surface area contributed by atoms with E-state index in [1.54, 1.807) is 39.2 Å². The lowest BCUT2D eigenvalue weighted by Crippen LogP contribution is -2.28. The number of aliphatic imine (C=N–C) groups is 1. The van der Waals surface area contributed by atoms with Crippen LogP contribution in [0.1, 0.15) is 19.4 Å². The minimum absolute atomic E-state index is 0.243. The Balaban J connectivity index is 2.23. The van der Waals surface area contributed by atoms with Gasteiger partial charge in [-0.2, -0.15) is 0 Å². The second kappa shape index (κ2) is 6.35. The maximum atomic E-state index is 12.3. The average Bonchev–Trinajstić information content (AvgIpc) is 2.74. The molecule has 0 fully saturated rings. The summed E-state index contributed by atoms with van der Waals surface area (Å²) in [5, 5.41) is 0. The van der Waals surface area contributed by atoms with Gasteiger partial charge in [-0.25, -0.2) is 0 Å². The summed E-state index contributed by atoms with van der Waals surface area (Å²) < 4.78 is 9.99. The molecule has 0 aromatic heterocycles. The van der Waals surface area contributed by atoms with Gasteiger partial charge in [0.05, 0.1) is 13.7 Å². The number of benzene rings is 1. The standard InChI is InChI=1S/C16H17NO4/c1-4-21-16(19)14-10(2)17-13(15(14)18)9-11-5-7-12(20-3)8-6-11/h5-9,14H,4H2,1-3H3/b13-9+. The van der Waals surface area contributed by atoms with Crippen LogP contribution in [0.25, 0.3) is 6.08 Å². The number of Topliss-reactive ketones (excluding diaryl/α,β-unsaturated/α-hetero) is 1. The Morgan fingerprint density at radius 1 is 1.33 bits per heavy atom. The zero-order valence-corrected chi connectivity index (χ0v) is 12.3. The molecule has 0 saturated carbocycles. The number of esters is 1. The van der Waals surface area contributed by atoms with E-state index < -0.39 is 11.9 Å². The quantitative estimate of drug-likeness (QED) is 0.484. The zero-order chi connectivity index (χ0) is 15.4. The number of hydrogen-bond acceptors (Lipinski definition) is 5. The first-order chi connectivity index (χ1) is 10.1. The van der Waals surface area contributed by atoms with Gasteiger partial charge >= 0.3 is 5.97 Å². The fraction of sp³-hybridized carbons (Fsp3) is 0.312. The Bertz CT molecular complexity index is 614. The van der Waals surface area contributed by atoms with E-state index >= 15 is 0 Å². The Morgan fingerprint density at radius 2 is 2.00 bits per heavy atom. The summed E-state index contributed by atoms with van der Waals surface area (Å²) in [5.41, 5.74) is 1.56. The van der Waals surface area contributed by atoms with E-state index in [0.717, 1.165) is 11.3 Å². The van der Waals surface area contributed by atoms with Crippen molar-refractivity contribution in [3.8, 4) is 5.75 Å². The first-order valence-corrected chi connectivity index (χ1v) is 6.68. The Hall–Kier alpha value is -2.43. The van der Waals surface area contributed by atoms with Crippen LogP contribution in [-0.2, 0) is 14.3 Å². The molecule has 2 rings (SSSR count). The molecule has 1 heterocycles. The second-order valence-corrected chi connectivity index (χ2v) is 4.61. The van der Waals surface area contributed by atoms with Crippen molar-refractivity contribution in [3.63, 3.8) is 0 Å². The van der Waals surface area contributed by atoms with E-state index in [1.807, 2.05) is 12.1 Å². The number of methoxy groups -OCH3 is 1. The van der Waals surface area contributed by atoms with Crippen molar-refractivity contribution < 1.29 is 19.1 Å². The highest BCUT2D eigenvalue weighted by molar-refractivity contribution is 6.28. The predicted octanol–water partition coefficient (Wildman–Crippen LogP) is 2.26. The Morgan fingerprint density at radius 3 is 2.57 bits per heavy atom. The molecule has 1 aliphatic rings. The van der Waals surface area contributed by atoms with Crippen molar-refractivity contribution in [3.05, 3.63) is 35.5 Å². The van der Waals surface area contributed by atoms with Crippen LogP contribution in [0.3, 0.4) is 0 Å². The van der Waals surface area contributed by atoms with Crippen LogP contribution in [0, 0.1) is 5.92 Å². The first kappa shape index (κ1) is 15.0. The molecule has 1 unspecified atom stereocenters. The van der Waals surface area contributed by atoms with E-state index in [-0.39, 0.29) is 18.1 Å². The van der Waals surface area contributed by atoms with E-state index in [1.165, 1.54) is 0 Å². The normalized spacial score (nSPS) is 19.6. The molecule has 0 bridgehead atoms. The molecule has 0 aliphatic carbocycles.